The number of carboxylic acid groups (broad SMARTS) is 1. The summed E-state index contributed by atoms with van der Waals surface area (Å²) in [5.74, 6) is -1.43. The Morgan fingerprint density at radius 1 is 0.900 bits per heavy atom. The zero-order valence-electron chi connectivity index (χ0n) is 12.6. The van der Waals surface area contributed by atoms with Crippen LogP contribution in [0.2, 0.25) is 0 Å². The van der Waals surface area contributed by atoms with Crippen LogP contribution in [0.25, 0.3) is 0 Å². The minimum Gasteiger partial charge on any atom is -0.480 e. The van der Waals surface area contributed by atoms with E-state index in [2.05, 4.69) is 6.92 Å². The second kappa shape index (κ2) is 9.34. The minimum atomic E-state index is -4.59. The molecule has 0 fully saturated rings. The van der Waals surface area contributed by atoms with Gasteiger partial charge in [-0.1, -0.05) is 65.2 Å². The highest BCUT2D eigenvalue weighted by atomic mass is 32.2. The van der Waals surface area contributed by atoms with Gasteiger partial charge in [-0.2, -0.15) is 8.42 Å². The van der Waals surface area contributed by atoms with Crippen molar-refractivity contribution in [1.29, 1.82) is 0 Å². The average Bonchev–Trinajstić information content (AvgIpc) is 2.35. The monoisotopic (exact) mass is 308 g/mol. The van der Waals surface area contributed by atoms with E-state index in [1.165, 1.54) is 0 Å². The van der Waals surface area contributed by atoms with E-state index in [4.69, 9.17) is 0 Å². The van der Waals surface area contributed by atoms with Crippen molar-refractivity contribution in [1.82, 2.24) is 0 Å². The van der Waals surface area contributed by atoms with Crippen molar-refractivity contribution in [2.75, 3.05) is 0 Å². The molecular formula is C14H28O5S. The maximum atomic E-state index is 11.5. The lowest BCUT2D eigenvalue weighted by atomic mass is 9.94. The molecule has 0 rings (SSSR count). The molecule has 0 aromatic rings. The average molecular weight is 308 g/mol. The van der Waals surface area contributed by atoms with Gasteiger partial charge in [-0.15, -0.1) is 0 Å². The van der Waals surface area contributed by atoms with Crippen molar-refractivity contribution >= 4 is 16.1 Å². The molecule has 0 bridgehead atoms. The van der Waals surface area contributed by atoms with Crippen molar-refractivity contribution in [3.63, 3.8) is 0 Å². The number of unbranched alkanes of at least 4 members (excludes halogenated alkanes) is 6. The molecule has 20 heavy (non-hydrogen) atoms. The summed E-state index contributed by atoms with van der Waals surface area (Å²) in [5, 5.41) is 9.29. The van der Waals surface area contributed by atoms with Crippen LogP contribution in [0.4, 0.5) is 0 Å². The lowest BCUT2D eigenvalue weighted by Crippen LogP contribution is -2.46. The highest BCUT2D eigenvalue weighted by Gasteiger charge is 2.49. The molecule has 0 spiro atoms. The van der Waals surface area contributed by atoms with Crippen molar-refractivity contribution in [3.05, 3.63) is 0 Å². The fraction of sp³-hybridized carbons (Fsp3) is 0.929. The van der Waals surface area contributed by atoms with Gasteiger partial charge in [0.1, 0.15) is 0 Å². The van der Waals surface area contributed by atoms with E-state index in [1.807, 2.05) is 6.92 Å². The first-order valence-electron chi connectivity index (χ1n) is 7.52. The smallest absolute Gasteiger partial charge is 0.327 e. The molecule has 5 nitrogen and oxygen atoms in total. The van der Waals surface area contributed by atoms with Gasteiger partial charge >= 0.3 is 5.97 Å². The highest BCUT2D eigenvalue weighted by Crippen LogP contribution is 2.30. The van der Waals surface area contributed by atoms with Crippen LogP contribution in [0.3, 0.4) is 0 Å². The van der Waals surface area contributed by atoms with Gasteiger partial charge in [-0.3, -0.25) is 9.35 Å². The number of carbonyl (C=O) groups is 1. The third-order valence-corrected chi connectivity index (χ3v) is 5.32. The first-order valence-corrected chi connectivity index (χ1v) is 8.96. The fourth-order valence-electron chi connectivity index (χ4n) is 2.36. The van der Waals surface area contributed by atoms with Crippen LogP contribution < -0.4 is 0 Å². The van der Waals surface area contributed by atoms with Crippen molar-refractivity contribution in [2.24, 2.45) is 0 Å². The van der Waals surface area contributed by atoms with Crippen LogP contribution >= 0.6 is 0 Å². The maximum Gasteiger partial charge on any atom is 0.327 e. The summed E-state index contributed by atoms with van der Waals surface area (Å²) in [6, 6.07) is 0. The Labute approximate surface area is 122 Å². The largest absolute Gasteiger partial charge is 0.480 e. The van der Waals surface area contributed by atoms with Crippen LogP contribution in [-0.4, -0.2) is 28.8 Å². The van der Waals surface area contributed by atoms with Gasteiger partial charge in [0.05, 0.1) is 0 Å². The molecule has 6 heteroatoms. The molecule has 0 aliphatic heterocycles. The van der Waals surface area contributed by atoms with E-state index < -0.39 is 20.8 Å². The molecule has 0 heterocycles. The summed E-state index contributed by atoms with van der Waals surface area (Å²) >= 11 is 0. The van der Waals surface area contributed by atoms with E-state index in [0.29, 0.717) is 19.3 Å². The van der Waals surface area contributed by atoms with Crippen LogP contribution in [0.5, 0.6) is 0 Å². The summed E-state index contributed by atoms with van der Waals surface area (Å²) in [6.45, 7) is 3.97. The van der Waals surface area contributed by atoms with Gasteiger partial charge in [0.15, 0.2) is 4.75 Å². The van der Waals surface area contributed by atoms with E-state index in [0.717, 1.165) is 32.1 Å². The Morgan fingerprint density at radius 2 is 1.35 bits per heavy atom. The Kier molecular flexibility index (Phi) is 9.05. The van der Waals surface area contributed by atoms with Gasteiger partial charge in [-0.05, 0) is 12.8 Å². The van der Waals surface area contributed by atoms with Crippen LogP contribution in [-0.2, 0) is 14.9 Å². The predicted octanol–water partition coefficient (Wildman–Crippen LogP) is 3.64. The van der Waals surface area contributed by atoms with Gasteiger partial charge in [-0.25, -0.2) is 0 Å². The quantitative estimate of drug-likeness (QED) is 0.424. The first kappa shape index (κ1) is 19.4. The standard InChI is InChI=1S/C14H28O5S/c1-3-5-7-8-9-10-12-14(13(15)16,11-6-4-2)20(17,18)19/h3-12H2,1-2H3,(H,15,16)(H,17,18,19). The lowest BCUT2D eigenvalue weighted by Gasteiger charge is -2.26. The van der Waals surface area contributed by atoms with Crippen LogP contribution in [0, 0.1) is 0 Å². The van der Waals surface area contributed by atoms with Gasteiger partial charge in [0.2, 0.25) is 0 Å². The van der Waals surface area contributed by atoms with E-state index in [9.17, 15) is 22.9 Å². The van der Waals surface area contributed by atoms with Crippen molar-refractivity contribution < 1.29 is 22.9 Å². The molecule has 0 radical (unpaired) electrons. The Bertz CT molecular complexity index is 377. The second-order valence-corrected chi connectivity index (χ2v) is 7.13. The van der Waals surface area contributed by atoms with Crippen molar-refractivity contribution in [2.45, 2.75) is 82.8 Å². The van der Waals surface area contributed by atoms with E-state index in [1.54, 1.807) is 0 Å². The molecule has 0 aliphatic rings. The topological polar surface area (TPSA) is 91.7 Å². The minimum absolute atomic E-state index is 0.00666. The Hall–Kier alpha value is -0.620. The normalized spacial score (nSPS) is 14.9. The highest BCUT2D eigenvalue weighted by molar-refractivity contribution is 7.88. The summed E-state index contributed by atoms with van der Waals surface area (Å²) in [4.78, 5) is 11.4. The van der Waals surface area contributed by atoms with Crippen molar-refractivity contribution in [3.8, 4) is 0 Å². The Balaban J connectivity index is 4.65. The van der Waals surface area contributed by atoms with Gasteiger partial charge in [0.25, 0.3) is 10.1 Å². The van der Waals surface area contributed by atoms with Gasteiger partial charge in [0, 0.05) is 0 Å². The molecule has 0 aromatic carbocycles. The molecule has 0 saturated carbocycles. The number of hydrogen-bond donors (Lipinski definition) is 2. The van der Waals surface area contributed by atoms with Crippen LogP contribution in [0.15, 0.2) is 0 Å². The fourth-order valence-corrected chi connectivity index (χ4v) is 3.39. The zero-order valence-corrected chi connectivity index (χ0v) is 13.4. The summed E-state index contributed by atoms with van der Waals surface area (Å²) in [5.41, 5.74) is 0. The predicted molar refractivity (Wildman–Crippen MR) is 79.4 cm³/mol. The third-order valence-electron chi connectivity index (χ3n) is 3.75. The molecule has 1 atom stereocenters. The van der Waals surface area contributed by atoms with Gasteiger partial charge < -0.3 is 5.11 Å². The number of hydrogen-bond acceptors (Lipinski definition) is 3. The second-order valence-electron chi connectivity index (χ2n) is 5.40. The number of carboxylic acids is 1. The molecule has 120 valence electrons. The molecule has 1 unspecified atom stereocenters. The van der Waals surface area contributed by atoms with Crippen LogP contribution in [0.1, 0.15) is 78.1 Å². The molecule has 2 N–H and O–H groups in total. The number of rotatable bonds is 12. The zero-order chi connectivity index (χ0) is 15.6. The van der Waals surface area contributed by atoms with E-state index in [-0.39, 0.29) is 12.8 Å². The molecule has 0 aliphatic carbocycles. The Morgan fingerprint density at radius 3 is 1.80 bits per heavy atom. The lowest BCUT2D eigenvalue weighted by molar-refractivity contribution is -0.140. The summed E-state index contributed by atoms with van der Waals surface area (Å²) < 4.78 is 30.4. The first-order chi connectivity index (χ1) is 9.31. The maximum absolute atomic E-state index is 11.5. The molecule has 0 aromatic heterocycles. The SMILES string of the molecule is CCCCCCCCC(CCCC)(C(=O)O)S(=O)(=O)O. The van der Waals surface area contributed by atoms with E-state index >= 15 is 0 Å². The third kappa shape index (κ3) is 5.79. The number of aliphatic carboxylic acids is 1. The summed E-state index contributed by atoms with van der Waals surface area (Å²) in [7, 11) is -4.59. The summed E-state index contributed by atoms with van der Waals surface area (Å²) in [6.07, 6.45) is 6.78. The molecular weight excluding hydrogens is 280 g/mol. The molecule has 0 amide bonds. The molecule has 0 saturated heterocycles.